The molecule has 0 aliphatic carbocycles. The zero-order valence-corrected chi connectivity index (χ0v) is 21.9. The molecule has 4 heterocycles. The van der Waals surface area contributed by atoms with Crippen molar-refractivity contribution in [2.24, 2.45) is 9.98 Å². The molecule has 0 unspecified atom stereocenters. The molecule has 5 aromatic rings. The van der Waals surface area contributed by atoms with Crippen molar-refractivity contribution < 1.29 is 4.79 Å². The van der Waals surface area contributed by atoms with E-state index in [0.29, 0.717) is 23.7 Å². The number of Topliss-reactive ketones (excluding diaryl/α,β-unsaturated/α-hetero) is 1. The quantitative estimate of drug-likeness (QED) is 0.236. The molecule has 2 aliphatic rings. The zero-order valence-electron chi connectivity index (χ0n) is 20.2. The van der Waals surface area contributed by atoms with Crippen LogP contribution in [0.1, 0.15) is 15.2 Å². The fraction of sp³-hybridized carbons (Fsp3) is 0.100. The molecular weight excluding hydrogens is 510 g/mol. The van der Waals surface area contributed by atoms with Crippen molar-refractivity contribution in [2.45, 2.75) is 0 Å². The summed E-state index contributed by atoms with van der Waals surface area (Å²) in [5.74, 6) is 1.99. The number of hydrogen-bond acceptors (Lipinski definition) is 8. The van der Waals surface area contributed by atoms with Gasteiger partial charge in [0.2, 0.25) is 0 Å². The van der Waals surface area contributed by atoms with Gasteiger partial charge in [0.15, 0.2) is 16.8 Å². The van der Waals surface area contributed by atoms with Gasteiger partial charge >= 0.3 is 0 Å². The first kappa shape index (κ1) is 23.0. The summed E-state index contributed by atoms with van der Waals surface area (Å²) in [4.78, 5) is 36.9. The van der Waals surface area contributed by atoms with Gasteiger partial charge < -0.3 is 4.90 Å². The van der Waals surface area contributed by atoms with Crippen molar-refractivity contribution in [3.05, 3.63) is 101 Å². The monoisotopic (exact) mass is 531 g/mol. The summed E-state index contributed by atoms with van der Waals surface area (Å²) in [5, 5.41) is 1.72. The largest absolute Gasteiger partial charge is 0.303 e. The molecule has 8 heteroatoms. The van der Waals surface area contributed by atoms with Crippen LogP contribution in [0.25, 0.3) is 32.9 Å². The van der Waals surface area contributed by atoms with Gasteiger partial charge in [0.25, 0.3) is 0 Å². The topological polar surface area (TPSA) is 70.8 Å². The Balaban J connectivity index is 1.37. The van der Waals surface area contributed by atoms with Gasteiger partial charge in [-0.1, -0.05) is 103 Å². The summed E-state index contributed by atoms with van der Waals surface area (Å²) in [5.41, 5.74) is 4.39. The molecular formula is C30H21N5OS2. The van der Waals surface area contributed by atoms with Crippen LogP contribution in [0.3, 0.4) is 0 Å². The average Bonchev–Trinajstić information content (AvgIpc) is 3.62. The van der Waals surface area contributed by atoms with Crippen LogP contribution in [-0.2, 0) is 0 Å². The van der Waals surface area contributed by atoms with E-state index in [-0.39, 0.29) is 5.78 Å². The molecule has 184 valence electrons. The lowest BCUT2D eigenvalue weighted by Gasteiger charge is -2.25. The van der Waals surface area contributed by atoms with E-state index in [1.807, 2.05) is 78.9 Å². The van der Waals surface area contributed by atoms with Crippen molar-refractivity contribution in [1.82, 2.24) is 14.9 Å². The third-order valence-corrected chi connectivity index (χ3v) is 8.56. The first-order valence-corrected chi connectivity index (χ1v) is 14.1. The molecule has 2 aliphatic heterocycles. The number of aromatic nitrogens is 2. The average molecular weight is 532 g/mol. The SMILES string of the molecule is O=C(CSC1=Nc2c(sc3nc(-c4ccccc4)nc(-c4ccccc4)c23)C2=NCCN12)c1ccccc1. The minimum absolute atomic E-state index is 0.0813. The number of rotatable bonds is 5. The maximum Gasteiger partial charge on any atom is 0.173 e. The molecule has 38 heavy (non-hydrogen) atoms. The number of thioether (sulfide) groups is 1. The maximum atomic E-state index is 12.9. The van der Waals surface area contributed by atoms with Crippen LogP contribution in [-0.4, -0.2) is 50.5 Å². The number of benzene rings is 3. The number of carbonyl (C=O) groups is 1. The Kier molecular flexibility index (Phi) is 5.83. The second-order valence-corrected chi connectivity index (χ2v) is 10.9. The minimum atomic E-state index is 0.0813. The number of thiophene rings is 1. The van der Waals surface area contributed by atoms with E-state index in [9.17, 15) is 4.79 Å². The van der Waals surface area contributed by atoms with Gasteiger partial charge in [-0.2, -0.15) is 0 Å². The first-order valence-electron chi connectivity index (χ1n) is 12.3. The Morgan fingerprint density at radius 3 is 2.29 bits per heavy atom. The van der Waals surface area contributed by atoms with E-state index in [2.05, 4.69) is 17.0 Å². The fourth-order valence-corrected chi connectivity index (χ4v) is 6.74. The van der Waals surface area contributed by atoms with Crippen LogP contribution in [0.2, 0.25) is 0 Å². The Morgan fingerprint density at radius 1 is 0.868 bits per heavy atom. The van der Waals surface area contributed by atoms with Gasteiger partial charge in [0.05, 0.1) is 33.9 Å². The molecule has 0 bridgehead atoms. The van der Waals surface area contributed by atoms with Gasteiger partial charge in [-0.25, -0.2) is 15.0 Å². The third-order valence-electron chi connectivity index (χ3n) is 6.52. The normalized spacial score (nSPS) is 14.2. The lowest BCUT2D eigenvalue weighted by atomic mass is 10.1. The predicted molar refractivity (Wildman–Crippen MR) is 157 cm³/mol. The molecule has 6 nitrogen and oxygen atoms in total. The molecule has 0 saturated carbocycles. The molecule has 0 atom stereocenters. The molecule has 0 N–H and O–H groups in total. The van der Waals surface area contributed by atoms with Crippen LogP contribution in [0, 0.1) is 0 Å². The Bertz CT molecular complexity index is 1730. The van der Waals surface area contributed by atoms with Gasteiger partial charge in [0.1, 0.15) is 10.7 Å². The molecule has 0 radical (unpaired) electrons. The maximum absolute atomic E-state index is 12.9. The number of nitrogens with zero attached hydrogens (tertiary/aromatic N) is 5. The lowest BCUT2D eigenvalue weighted by Crippen LogP contribution is -2.35. The standard InChI is InChI=1S/C30H21N5OS2/c36-22(19-10-4-1-5-11-19)18-37-30-33-25-23-24(20-12-6-2-7-13-20)32-27(21-14-8-3-9-15-21)34-29(23)38-26(25)28-31-16-17-35(28)30/h1-15H,16-18H2. The Labute approximate surface area is 227 Å². The Morgan fingerprint density at radius 2 is 1.55 bits per heavy atom. The summed E-state index contributed by atoms with van der Waals surface area (Å²) in [6, 6.07) is 29.6. The van der Waals surface area contributed by atoms with Crippen molar-refractivity contribution >= 4 is 55.8 Å². The summed E-state index contributed by atoms with van der Waals surface area (Å²) in [6.07, 6.45) is 0. The highest BCUT2D eigenvalue weighted by molar-refractivity contribution is 8.14. The fourth-order valence-electron chi connectivity index (χ4n) is 4.70. The van der Waals surface area contributed by atoms with E-state index in [4.69, 9.17) is 20.0 Å². The Hall–Kier alpha value is -4.14. The van der Waals surface area contributed by atoms with Crippen LogP contribution < -0.4 is 0 Å². The van der Waals surface area contributed by atoms with E-state index < -0.39 is 0 Å². The van der Waals surface area contributed by atoms with Crippen LogP contribution in [0.15, 0.2) is 101 Å². The van der Waals surface area contributed by atoms with Gasteiger partial charge in [-0.3, -0.25) is 9.79 Å². The number of aliphatic imine (C=N–C) groups is 2. The highest BCUT2D eigenvalue weighted by Gasteiger charge is 2.34. The number of ketones is 1. The number of carbonyl (C=O) groups excluding carboxylic acids is 1. The van der Waals surface area contributed by atoms with E-state index in [1.165, 1.54) is 11.8 Å². The predicted octanol–water partition coefficient (Wildman–Crippen LogP) is 6.70. The summed E-state index contributed by atoms with van der Waals surface area (Å²) < 4.78 is 0. The third kappa shape index (κ3) is 4.02. The van der Waals surface area contributed by atoms with Crippen molar-refractivity contribution in [3.8, 4) is 22.6 Å². The molecule has 3 aromatic carbocycles. The molecule has 0 saturated heterocycles. The molecule has 0 amide bonds. The van der Waals surface area contributed by atoms with Crippen molar-refractivity contribution in [3.63, 3.8) is 0 Å². The summed E-state index contributed by atoms with van der Waals surface area (Å²) in [6.45, 7) is 1.45. The number of hydrogen-bond donors (Lipinski definition) is 0. The lowest BCUT2D eigenvalue weighted by molar-refractivity contribution is 0.102. The first-order chi connectivity index (χ1) is 18.8. The second kappa shape index (κ2) is 9.63. The van der Waals surface area contributed by atoms with Gasteiger partial charge in [-0.05, 0) is 0 Å². The van der Waals surface area contributed by atoms with Crippen molar-refractivity contribution in [2.75, 3.05) is 18.8 Å². The molecule has 7 rings (SSSR count). The van der Waals surface area contributed by atoms with Crippen LogP contribution in [0.5, 0.6) is 0 Å². The zero-order chi connectivity index (χ0) is 25.5. The van der Waals surface area contributed by atoms with E-state index >= 15 is 0 Å². The summed E-state index contributed by atoms with van der Waals surface area (Å²) in [7, 11) is 0. The van der Waals surface area contributed by atoms with Crippen molar-refractivity contribution in [1.29, 1.82) is 0 Å². The molecule has 0 fully saturated rings. The smallest absolute Gasteiger partial charge is 0.173 e. The van der Waals surface area contributed by atoms with Crippen LogP contribution in [0.4, 0.5) is 5.69 Å². The van der Waals surface area contributed by atoms with Gasteiger partial charge in [0, 0.05) is 23.2 Å². The van der Waals surface area contributed by atoms with E-state index in [1.54, 1.807) is 11.3 Å². The van der Waals surface area contributed by atoms with Crippen LogP contribution >= 0.6 is 23.1 Å². The highest BCUT2D eigenvalue weighted by Crippen LogP contribution is 2.46. The number of fused-ring (bicyclic) bond motifs is 5. The second-order valence-electron chi connectivity index (χ2n) is 8.92. The van der Waals surface area contributed by atoms with E-state index in [0.717, 1.165) is 55.2 Å². The highest BCUT2D eigenvalue weighted by atomic mass is 32.2. The molecule has 0 spiro atoms. The molecule has 2 aromatic heterocycles. The number of amidine groups is 2. The van der Waals surface area contributed by atoms with Gasteiger partial charge in [-0.15, -0.1) is 11.3 Å². The summed E-state index contributed by atoms with van der Waals surface area (Å²) >= 11 is 3.07. The minimum Gasteiger partial charge on any atom is -0.303 e.